The zero-order valence-corrected chi connectivity index (χ0v) is 15.5. The number of hydrogen-bond donors (Lipinski definition) is 0. The first-order valence-corrected chi connectivity index (χ1v) is 9.85. The minimum atomic E-state index is 0.298. The molecule has 1 saturated heterocycles. The van der Waals surface area contributed by atoms with E-state index >= 15 is 0 Å². The lowest BCUT2D eigenvalue weighted by molar-refractivity contribution is 0.227. The number of rotatable bonds is 10. The molecule has 2 aromatic rings. The monoisotopic (exact) mass is 352 g/mol. The van der Waals surface area contributed by atoms with Crippen molar-refractivity contribution in [3.05, 3.63) is 59.7 Å². The van der Waals surface area contributed by atoms with Gasteiger partial charge in [0.25, 0.3) is 0 Å². The van der Waals surface area contributed by atoms with Crippen molar-refractivity contribution in [2.24, 2.45) is 11.8 Å². The maximum absolute atomic E-state index is 6.01. The molecule has 1 aliphatic heterocycles. The van der Waals surface area contributed by atoms with E-state index in [1.165, 1.54) is 30.4 Å². The molecule has 0 radical (unpaired) electrons. The van der Waals surface area contributed by atoms with Crippen LogP contribution < -0.4 is 9.47 Å². The van der Waals surface area contributed by atoms with Crippen LogP contribution in [0.3, 0.4) is 0 Å². The molecule has 1 heterocycles. The lowest BCUT2D eigenvalue weighted by atomic mass is 10.0. The van der Waals surface area contributed by atoms with E-state index in [1.54, 1.807) is 0 Å². The van der Waals surface area contributed by atoms with E-state index in [9.17, 15) is 0 Å². The zero-order valence-electron chi connectivity index (χ0n) is 15.5. The van der Waals surface area contributed by atoms with Crippen LogP contribution in [0.5, 0.6) is 11.5 Å². The van der Waals surface area contributed by atoms with Crippen LogP contribution in [-0.4, -0.2) is 25.9 Å². The van der Waals surface area contributed by atoms with E-state index in [2.05, 4.69) is 43.3 Å². The molecular formula is C23H28O3. The number of ether oxygens (including phenoxy) is 3. The van der Waals surface area contributed by atoms with Gasteiger partial charge in [0.15, 0.2) is 0 Å². The lowest BCUT2D eigenvalue weighted by Crippen LogP contribution is -2.13. The van der Waals surface area contributed by atoms with Crippen molar-refractivity contribution >= 4 is 0 Å². The van der Waals surface area contributed by atoms with Crippen molar-refractivity contribution in [1.82, 2.24) is 0 Å². The Labute approximate surface area is 156 Å². The molecule has 0 spiro atoms. The summed E-state index contributed by atoms with van der Waals surface area (Å²) >= 11 is 0. The second-order valence-electron chi connectivity index (χ2n) is 7.55. The summed E-state index contributed by atoms with van der Waals surface area (Å²) in [6.45, 7) is 4.61. The molecule has 1 aliphatic carbocycles. The van der Waals surface area contributed by atoms with Gasteiger partial charge in [-0.2, -0.15) is 0 Å². The molecule has 138 valence electrons. The van der Waals surface area contributed by atoms with Crippen LogP contribution in [0.15, 0.2) is 48.5 Å². The predicted octanol–water partition coefficient (Wildman–Crippen LogP) is 4.87. The molecule has 1 saturated carbocycles. The maximum atomic E-state index is 6.01. The van der Waals surface area contributed by atoms with E-state index in [0.717, 1.165) is 43.0 Å². The van der Waals surface area contributed by atoms with Crippen molar-refractivity contribution < 1.29 is 14.2 Å². The smallest absolute Gasteiger partial charge is 0.119 e. The normalized spacial score (nSPS) is 19.8. The number of epoxide rings is 1. The highest BCUT2D eigenvalue weighted by Gasteiger charge is 2.30. The summed E-state index contributed by atoms with van der Waals surface area (Å²) in [6.07, 6.45) is 5.22. The van der Waals surface area contributed by atoms with Gasteiger partial charge >= 0.3 is 0 Å². The summed E-state index contributed by atoms with van der Waals surface area (Å²) in [5.74, 6) is 3.53. The van der Waals surface area contributed by atoms with Gasteiger partial charge in [-0.05, 0) is 72.9 Å². The third kappa shape index (κ3) is 5.01. The van der Waals surface area contributed by atoms with Crippen LogP contribution in [0.4, 0.5) is 0 Å². The second kappa shape index (κ2) is 8.13. The molecule has 26 heavy (non-hydrogen) atoms. The molecular weight excluding hydrogens is 324 g/mol. The fraction of sp³-hybridized carbons (Fsp3) is 0.478. The van der Waals surface area contributed by atoms with Crippen LogP contribution in [0.2, 0.25) is 0 Å². The molecule has 0 amide bonds. The number of hydrogen-bond acceptors (Lipinski definition) is 3. The fourth-order valence-corrected chi connectivity index (χ4v) is 3.35. The second-order valence-corrected chi connectivity index (χ2v) is 7.55. The molecule has 2 aromatic carbocycles. The van der Waals surface area contributed by atoms with Gasteiger partial charge in [-0.25, -0.2) is 0 Å². The van der Waals surface area contributed by atoms with Crippen LogP contribution in [-0.2, 0) is 11.2 Å². The first-order valence-electron chi connectivity index (χ1n) is 9.85. The Kier molecular flexibility index (Phi) is 5.45. The first kappa shape index (κ1) is 17.4. The van der Waals surface area contributed by atoms with E-state index < -0.39 is 0 Å². The SMILES string of the molecule is CCC(COc1ccc(Cc2ccc(OCC3CO3)cc2)cc1)C1CC1. The molecule has 2 unspecified atom stereocenters. The van der Waals surface area contributed by atoms with Gasteiger partial charge in [-0.15, -0.1) is 0 Å². The van der Waals surface area contributed by atoms with Gasteiger partial charge in [0.1, 0.15) is 24.2 Å². The Morgan fingerprint density at radius 1 is 0.923 bits per heavy atom. The van der Waals surface area contributed by atoms with Gasteiger partial charge in [0, 0.05) is 0 Å². The molecule has 3 heteroatoms. The average molecular weight is 352 g/mol. The van der Waals surface area contributed by atoms with Crippen molar-refractivity contribution in [2.75, 3.05) is 19.8 Å². The minimum Gasteiger partial charge on any atom is -0.493 e. The van der Waals surface area contributed by atoms with Crippen LogP contribution in [0.25, 0.3) is 0 Å². The molecule has 3 nitrogen and oxygen atoms in total. The summed E-state index contributed by atoms with van der Waals surface area (Å²) in [5, 5.41) is 0. The highest BCUT2D eigenvalue weighted by Crippen LogP contribution is 2.38. The van der Waals surface area contributed by atoms with E-state index in [1.807, 2.05) is 12.1 Å². The zero-order chi connectivity index (χ0) is 17.8. The van der Waals surface area contributed by atoms with Crippen molar-refractivity contribution in [3.63, 3.8) is 0 Å². The summed E-state index contributed by atoms with van der Waals surface area (Å²) in [7, 11) is 0. The van der Waals surface area contributed by atoms with Crippen molar-refractivity contribution in [3.8, 4) is 11.5 Å². The standard InChI is InChI=1S/C23H28O3/c1-2-19(20-7-8-20)14-24-21-9-3-17(4-10-21)13-18-5-11-22(12-6-18)25-15-23-16-26-23/h3-6,9-12,19-20,23H,2,7-8,13-16H2,1H3. The maximum Gasteiger partial charge on any atom is 0.119 e. The van der Waals surface area contributed by atoms with E-state index in [-0.39, 0.29) is 0 Å². The molecule has 2 fully saturated rings. The average Bonchev–Trinajstić information content (AvgIpc) is 3.57. The largest absolute Gasteiger partial charge is 0.493 e. The number of benzene rings is 2. The Hall–Kier alpha value is -2.00. The van der Waals surface area contributed by atoms with Gasteiger partial charge in [0.05, 0.1) is 13.2 Å². The van der Waals surface area contributed by atoms with Gasteiger partial charge in [0.2, 0.25) is 0 Å². The fourth-order valence-electron chi connectivity index (χ4n) is 3.35. The molecule has 4 rings (SSSR count). The highest BCUT2D eigenvalue weighted by molar-refractivity contribution is 5.34. The molecule has 0 bridgehead atoms. The summed E-state index contributed by atoms with van der Waals surface area (Å²) < 4.78 is 16.9. The topological polar surface area (TPSA) is 31.0 Å². The molecule has 2 aliphatic rings. The van der Waals surface area contributed by atoms with Crippen LogP contribution in [0.1, 0.15) is 37.3 Å². The third-order valence-corrected chi connectivity index (χ3v) is 5.37. The van der Waals surface area contributed by atoms with E-state index in [4.69, 9.17) is 14.2 Å². The minimum absolute atomic E-state index is 0.298. The van der Waals surface area contributed by atoms with Crippen molar-refractivity contribution in [1.29, 1.82) is 0 Å². The first-order chi connectivity index (χ1) is 12.8. The Morgan fingerprint density at radius 2 is 1.50 bits per heavy atom. The van der Waals surface area contributed by atoms with E-state index in [0.29, 0.717) is 12.7 Å². The Bertz CT molecular complexity index is 684. The van der Waals surface area contributed by atoms with Gasteiger partial charge in [-0.3, -0.25) is 0 Å². The third-order valence-electron chi connectivity index (χ3n) is 5.37. The lowest BCUT2D eigenvalue weighted by Gasteiger charge is -2.15. The quantitative estimate of drug-likeness (QED) is 0.572. The Morgan fingerprint density at radius 3 is 2.00 bits per heavy atom. The molecule has 2 atom stereocenters. The van der Waals surface area contributed by atoms with Crippen LogP contribution >= 0.6 is 0 Å². The van der Waals surface area contributed by atoms with Gasteiger partial charge in [-0.1, -0.05) is 31.2 Å². The summed E-state index contributed by atoms with van der Waals surface area (Å²) in [6, 6.07) is 16.9. The van der Waals surface area contributed by atoms with Gasteiger partial charge < -0.3 is 14.2 Å². The Balaban J connectivity index is 1.26. The summed E-state index contributed by atoms with van der Waals surface area (Å²) in [5.41, 5.74) is 2.58. The highest BCUT2D eigenvalue weighted by atomic mass is 16.6. The molecule has 0 aromatic heterocycles. The molecule has 0 N–H and O–H groups in total. The van der Waals surface area contributed by atoms with Crippen molar-refractivity contribution in [2.45, 2.75) is 38.7 Å². The van der Waals surface area contributed by atoms with Crippen LogP contribution in [0, 0.1) is 11.8 Å². The predicted molar refractivity (Wildman–Crippen MR) is 103 cm³/mol. The summed E-state index contributed by atoms with van der Waals surface area (Å²) in [4.78, 5) is 0.